The monoisotopic (exact) mass is 369 g/mol. The number of rotatable bonds is 4. The largest absolute Gasteiger partial charge is 0.393 e. The molecule has 0 aliphatic carbocycles. The van der Waals surface area contributed by atoms with Crippen LogP contribution >= 0.6 is 15.9 Å². The van der Waals surface area contributed by atoms with E-state index in [9.17, 15) is 0 Å². The van der Waals surface area contributed by atoms with Gasteiger partial charge in [-0.3, -0.25) is 0 Å². The first-order valence-corrected chi connectivity index (χ1v) is 7.89. The van der Waals surface area contributed by atoms with Crippen molar-refractivity contribution in [1.29, 1.82) is 0 Å². The number of nitrogen functional groups attached to an aromatic ring is 1. The number of anilines is 5. The van der Waals surface area contributed by atoms with E-state index in [1.165, 1.54) is 6.33 Å². The Hall–Kier alpha value is -2.60. The molecule has 0 radical (unpaired) electrons. The minimum atomic E-state index is 0.464. The first-order valence-electron chi connectivity index (χ1n) is 7.10. The Kier molecular flexibility index (Phi) is 4.43. The zero-order chi connectivity index (χ0) is 16.2. The maximum atomic E-state index is 6.21. The molecule has 1 aromatic heterocycles. The summed E-state index contributed by atoms with van der Waals surface area (Å²) in [6.07, 6.45) is 1.48. The molecule has 0 aliphatic rings. The molecule has 0 atom stereocenters. The highest BCUT2D eigenvalue weighted by Gasteiger charge is 2.10. The van der Waals surface area contributed by atoms with Crippen LogP contribution in [-0.2, 0) is 0 Å². The summed E-state index contributed by atoms with van der Waals surface area (Å²) >= 11 is 3.50. The molecule has 0 saturated heterocycles. The van der Waals surface area contributed by atoms with E-state index in [1.54, 1.807) is 0 Å². The van der Waals surface area contributed by atoms with Crippen molar-refractivity contribution in [3.05, 3.63) is 64.9 Å². The van der Waals surface area contributed by atoms with Gasteiger partial charge in [-0.05, 0) is 46.6 Å². The van der Waals surface area contributed by atoms with Crippen LogP contribution in [0.4, 0.5) is 28.7 Å². The molecule has 4 N–H and O–H groups in total. The van der Waals surface area contributed by atoms with Gasteiger partial charge >= 0.3 is 0 Å². The van der Waals surface area contributed by atoms with Crippen molar-refractivity contribution in [3.63, 3.8) is 0 Å². The van der Waals surface area contributed by atoms with Gasteiger partial charge in [-0.15, -0.1) is 0 Å². The highest BCUT2D eigenvalue weighted by atomic mass is 79.9. The standard InChI is InChI=1S/C17H16BrN5/c1-11-6-2-4-8-13(11)22-16-15(19)17(21-10-20-16)23-14-9-5-3-7-12(14)18/h2-10H,19H2,1H3,(H2,20,21,22,23). The maximum Gasteiger partial charge on any atom is 0.159 e. The van der Waals surface area contributed by atoms with Gasteiger partial charge in [0.15, 0.2) is 11.6 Å². The van der Waals surface area contributed by atoms with Crippen molar-refractivity contribution in [1.82, 2.24) is 9.97 Å². The van der Waals surface area contributed by atoms with Gasteiger partial charge in [-0.1, -0.05) is 30.3 Å². The lowest BCUT2D eigenvalue weighted by Crippen LogP contribution is -2.05. The molecule has 0 spiro atoms. The summed E-state index contributed by atoms with van der Waals surface area (Å²) < 4.78 is 0.937. The molecule has 23 heavy (non-hydrogen) atoms. The van der Waals surface area contributed by atoms with Crippen molar-refractivity contribution in [2.75, 3.05) is 16.4 Å². The number of nitrogens with one attached hydrogen (secondary N) is 2. The number of benzene rings is 2. The molecular formula is C17H16BrN5. The molecule has 6 heteroatoms. The molecule has 0 amide bonds. The highest BCUT2D eigenvalue weighted by Crippen LogP contribution is 2.31. The smallest absolute Gasteiger partial charge is 0.159 e. The lowest BCUT2D eigenvalue weighted by Gasteiger charge is -2.14. The van der Waals surface area contributed by atoms with E-state index in [4.69, 9.17) is 5.73 Å². The topological polar surface area (TPSA) is 75.9 Å². The van der Waals surface area contributed by atoms with E-state index in [1.807, 2.05) is 55.5 Å². The Balaban J connectivity index is 1.90. The first-order chi connectivity index (χ1) is 11.1. The van der Waals surface area contributed by atoms with Crippen molar-refractivity contribution in [3.8, 4) is 0 Å². The lowest BCUT2D eigenvalue weighted by molar-refractivity contribution is 1.17. The Bertz CT molecular complexity index is 769. The summed E-state index contributed by atoms with van der Waals surface area (Å²) in [6.45, 7) is 2.03. The number of nitrogens with two attached hydrogens (primary N) is 1. The minimum absolute atomic E-state index is 0.464. The van der Waals surface area contributed by atoms with Crippen molar-refractivity contribution < 1.29 is 0 Å². The van der Waals surface area contributed by atoms with Crippen LogP contribution in [0.5, 0.6) is 0 Å². The highest BCUT2D eigenvalue weighted by molar-refractivity contribution is 9.10. The Morgan fingerprint density at radius 3 is 2.09 bits per heavy atom. The predicted octanol–water partition coefficient (Wildman–Crippen LogP) is 4.62. The number of hydrogen-bond acceptors (Lipinski definition) is 5. The summed E-state index contributed by atoms with van der Waals surface area (Å²) in [4.78, 5) is 8.47. The predicted molar refractivity (Wildman–Crippen MR) is 98.3 cm³/mol. The summed E-state index contributed by atoms with van der Waals surface area (Å²) in [5.74, 6) is 1.13. The summed E-state index contributed by atoms with van der Waals surface area (Å²) in [5.41, 5.74) is 9.65. The Morgan fingerprint density at radius 1 is 0.870 bits per heavy atom. The fourth-order valence-electron chi connectivity index (χ4n) is 2.13. The number of nitrogens with zero attached hydrogens (tertiary/aromatic N) is 2. The van der Waals surface area contributed by atoms with Crippen LogP contribution in [-0.4, -0.2) is 9.97 Å². The van der Waals surface area contributed by atoms with Gasteiger partial charge in [0.05, 0.1) is 5.69 Å². The van der Waals surface area contributed by atoms with E-state index in [2.05, 4.69) is 36.5 Å². The van der Waals surface area contributed by atoms with Gasteiger partial charge < -0.3 is 16.4 Å². The van der Waals surface area contributed by atoms with E-state index in [0.717, 1.165) is 21.4 Å². The van der Waals surface area contributed by atoms with Gasteiger partial charge in [-0.25, -0.2) is 9.97 Å². The third-order valence-electron chi connectivity index (χ3n) is 3.41. The Morgan fingerprint density at radius 2 is 1.43 bits per heavy atom. The van der Waals surface area contributed by atoms with Crippen LogP contribution in [0.3, 0.4) is 0 Å². The second-order valence-electron chi connectivity index (χ2n) is 5.03. The van der Waals surface area contributed by atoms with Crippen molar-refractivity contribution >= 4 is 44.6 Å². The fourth-order valence-corrected chi connectivity index (χ4v) is 2.51. The van der Waals surface area contributed by atoms with Crippen LogP contribution in [0.15, 0.2) is 59.3 Å². The molecule has 2 aromatic carbocycles. The molecule has 0 bridgehead atoms. The summed E-state index contributed by atoms with van der Waals surface area (Å²) in [7, 11) is 0. The van der Waals surface area contributed by atoms with Gasteiger partial charge in [0.25, 0.3) is 0 Å². The van der Waals surface area contributed by atoms with Crippen LogP contribution < -0.4 is 16.4 Å². The van der Waals surface area contributed by atoms with Crippen LogP contribution in [0.25, 0.3) is 0 Å². The molecule has 3 rings (SSSR count). The quantitative estimate of drug-likeness (QED) is 0.625. The number of aryl methyl sites for hydroxylation is 1. The van der Waals surface area contributed by atoms with Gasteiger partial charge in [0, 0.05) is 10.2 Å². The normalized spacial score (nSPS) is 10.3. The molecule has 3 aromatic rings. The van der Waals surface area contributed by atoms with E-state index in [0.29, 0.717) is 17.3 Å². The average Bonchev–Trinajstić information content (AvgIpc) is 2.55. The second-order valence-corrected chi connectivity index (χ2v) is 5.88. The SMILES string of the molecule is Cc1ccccc1Nc1ncnc(Nc2ccccc2Br)c1N. The number of halogens is 1. The van der Waals surface area contributed by atoms with Gasteiger partial charge in [0.1, 0.15) is 12.0 Å². The zero-order valence-corrected chi connectivity index (χ0v) is 14.1. The van der Waals surface area contributed by atoms with Gasteiger partial charge in [0.2, 0.25) is 0 Å². The molecular weight excluding hydrogens is 354 g/mol. The molecule has 0 fully saturated rings. The third-order valence-corrected chi connectivity index (χ3v) is 4.10. The fraction of sp³-hybridized carbons (Fsp3) is 0.0588. The summed E-state index contributed by atoms with van der Waals surface area (Å²) in [5, 5.41) is 6.47. The Labute approximate surface area is 143 Å². The van der Waals surface area contributed by atoms with E-state index in [-0.39, 0.29) is 0 Å². The zero-order valence-electron chi connectivity index (χ0n) is 12.5. The van der Waals surface area contributed by atoms with E-state index >= 15 is 0 Å². The number of para-hydroxylation sites is 2. The lowest BCUT2D eigenvalue weighted by atomic mass is 10.2. The number of aromatic nitrogens is 2. The minimum Gasteiger partial charge on any atom is -0.393 e. The van der Waals surface area contributed by atoms with Crippen LogP contribution in [0, 0.1) is 6.92 Å². The maximum absolute atomic E-state index is 6.21. The third kappa shape index (κ3) is 3.43. The molecule has 5 nitrogen and oxygen atoms in total. The summed E-state index contributed by atoms with van der Waals surface area (Å²) in [6, 6.07) is 15.8. The average molecular weight is 370 g/mol. The molecule has 0 unspecified atom stereocenters. The second kappa shape index (κ2) is 6.66. The van der Waals surface area contributed by atoms with Gasteiger partial charge in [-0.2, -0.15) is 0 Å². The van der Waals surface area contributed by atoms with Crippen LogP contribution in [0.1, 0.15) is 5.56 Å². The van der Waals surface area contributed by atoms with Crippen molar-refractivity contribution in [2.24, 2.45) is 0 Å². The molecule has 1 heterocycles. The number of hydrogen-bond donors (Lipinski definition) is 3. The van der Waals surface area contributed by atoms with E-state index < -0.39 is 0 Å². The van der Waals surface area contributed by atoms with Crippen LogP contribution in [0.2, 0.25) is 0 Å². The van der Waals surface area contributed by atoms with Crippen molar-refractivity contribution in [2.45, 2.75) is 6.92 Å². The first kappa shape index (κ1) is 15.3. The molecule has 0 aliphatic heterocycles. The molecule has 116 valence electrons. The molecule has 0 saturated carbocycles.